The molecule has 2 amide bonds. The number of nitrogens with one attached hydrogen (secondary N) is 1. The summed E-state index contributed by atoms with van der Waals surface area (Å²) in [5.41, 5.74) is 0.843. The molecule has 0 aromatic heterocycles. The van der Waals surface area contributed by atoms with E-state index in [-0.39, 0.29) is 19.5 Å². The average Bonchev–Trinajstić information content (AvgIpc) is 3.07. The maximum absolute atomic E-state index is 14.6. The molecule has 0 radical (unpaired) electrons. The molecule has 0 saturated carbocycles. The van der Waals surface area contributed by atoms with Crippen molar-refractivity contribution in [2.24, 2.45) is 0 Å². The van der Waals surface area contributed by atoms with Crippen LogP contribution in [-0.2, 0) is 14.3 Å². The standard InChI is InChI=1S/C18H24FN3O6/c19-15-7-12(1-2-16(15)21-3-5-27-6-4-21)22-10-14(28-18(22)26)9-20-17(25)8-13(24)11-23/h1-2,7,13-14,23-24H,3-6,8-11H2,(H,20,25). The highest BCUT2D eigenvalue weighted by atomic mass is 19.1. The van der Waals surface area contributed by atoms with Gasteiger partial charge in [-0.1, -0.05) is 0 Å². The number of ether oxygens (including phenoxy) is 2. The first-order valence-corrected chi connectivity index (χ1v) is 9.14. The SMILES string of the molecule is O=C(CC(O)CO)NCC1CN(c2ccc(N3CCOCC3)c(F)c2)C(=O)O1. The van der Waals surface area contributed by atoms with E-state index in [1.165, 1.54) is 11.0 Å². The van der Waals surface area contributed by atoms with Crippen LogP contribution in [0.2, 0.25) is 0 Å². The topological polar surface area (TPSA) is 112 Å². The van der Waals surface area contributed by atoms with E-state index < -0.39 is 36.6 Å². The van der Waals surface area contributed by atoms with Crippen molar-refractivity contribution in [1.29, 1.82) is 0 Å². The molecule has 9 nitrogen and oxygen atoms in total. The van der Waals surface area contributed by atoms with Gasteiger partial charge in [-0.2, -0.15) is 0 Å². The normalized spacial score (nSPS) is 20.8. The van der Waals surface area contributed by atoms with E-state index in [9.17, 15) is 19.1 Å². The minimum atomic E-state index is -1.13. The van der Waals surface area contributed by atoms with E-state index in [4.69, 9.17) is 14.6 Å². The molecule has 2 aliphatic rings. The Morgan fingerprint density at radius 1 is 1.36 bits per heavy atom. The first-order chi connectivity index (χ1) is 13.5. The van der Waals surface area contributed by atoms with Gasteiger partial charge in [0.1, 0.15) is 11.9 Å². The number of carbonyl (C=O) groups is 2. The summed E-state index contributed by atoms with van der Waals surface area (Å²) in [7, 11) is 0. The molecule has 2 aliphatic heterocycles. The summed E-state index contributed by atoms with van der Waals surface area (Å²) in [5.74, 6) is -0.890. The second kappa shape index (κ2) is 9.18. The number of aliphatic hydroxyl groups is 2. The number of anilines is 2. The van der Waals surface area contributed by atoms with Crippen LogP contribution in [0.3, 0.4) is 0 Å². The zero-order valence-corrected chi connectivity index (χ0v) is 15.3. The van der Waals surface area contributed by atoms with Crippen molar-refractivity contribution in [2.75, 3.05) is 55.8 Å². The number of halogens is 1. The van der Waals surface area contributed by atoms with E-state index in [2.05, 4.69) is 5.32 Å². The van der Waals surface area contributed by atoms with Gasteiger partial charge in [0.25, 0.3) is 0 Å². The van der Waals surface area contributed by atoms with Crippen LogP contribution in [0.15, 0.2) is 18.2 Å². The van der Waals surface area contributed by atoms with Gasteiger partial charge in [0, 0.05) is 13.1 Å². The Morgan fingerprint density at radius 2 is 2.11 bits per heavy atom. The molecule has 2 unspecified atom stereocenters. The molecule has 28 heavy (non-hydrogen) atoms. The van der Waals surface area contributed by atoms with Crippen molar-refractivity contribution in [3.63, 3.8) is 0 Å². The maximum Gasteiger partial charge on any atom is 0.414 e. The molecule has 0 bridgehead atoms. The second-order valence-electron chi connectivity index (χ2n) is 6.70. The van der Waals surface area contributed by atoms with Crippen LogP contribution in [0.1, 0.15) is 6.42 Å². The monoisotopic (exact) mass is 397 g/mol. The number of cyclic esters (lactones) is 1. The van der Waals surface area contributed by atoms with Gasteiger partial charge in [-0.05, 0) is 18.2 Å². The van der Waals surface area contributed by atoms with Crippen molar-refractivity contribution >= 4 is 23.4 Å². The van der Waals surface area contributed by atoms with Gasteiger partial charge in [-0.3, -0.25) is 9.69 Å². The van der Waals surface area contributed by atoms with Crippen molar-refractivity contribution in [3.8, 4) is 0 Å². The van der Waals surface area contributed by atoms with Crippen molar-refractivity contribution in [2.45, 2.75) is 18.6 Å². The molecule has 2 heterocycles. The van der Waals surface area contributed by atoms with Crippen LogP contribution < -0.4 is 15.1 Å². The predicted octanol–water partition coefficient (Wildman–Crippen LogP) is -0.153. The molecular weight excluding hydrogens is 373 g/mol. The van der Waals surface area contributed by atoms with Gasteiger partial charge in [-0.15, -0.1) is 0 Å². The van der Waals surface area contributed by atoms with E-state index in [1.807, 2.05) is 4.90 Å². The first kappa shape index (κ1) is 20.3. The molecule has 154 valence electrons. The van der Waals surface area contributed by atoms with Gasteiger partial charge in [0.15, 0.2) is 0 Å². The minimum Gasteiger partial charge on any atom is -0.442 e. The molecule has 2 atom stereocenters. The van der Waals surface area contributed by atoms with E-state index in [0.29, 0.717) is 37.7 Å². The molecule has 1 aromatic rings. The lowest BCUT2D eigenvalue weighted by molar-refractivity contribution is -0.123. The molecule has 0 spiro atoms. The smallest absolute Gasteiger partial charge is 0.414 e. The van der Waals surface area contributed by atoms with Gasteiger partial charge in [0.05, 0.1) is 56.8 Å². The number of aliphatic hydroxyl groups excluding tert-OH is 2. The van der Waals surface area contributed by atoms with Crippen LogP contribution >= 0.6 is 0 Å². The quantitative estimate of drug-likeness (QED) is 0.587. The molecule has 1 aromatic carbocycles. The zero-order chi connectivity index (χ0) is 20.1. The third kappa shape index (κ3) is 4.89. The Morgan fingerprint density at radius 3 is 2.79 bits per heavy atom. The summed E-state index contributed by atoms with van der Waals surface area (Å²) in [6, 6.07) is 4.59. The van der Waals surface area contributed by atoms with Crippen molar-refractivity contribution in [3.05, 3.63) is 24.0 Å². The summed E-state index contributed by atoms with van der Waals surface area (Å²) in [5, 5.41) is 20.5. The lowest BCUT2D eigenvalue weighted by atomic mass is 10.2. The Bertz CT molecular complexity index is 713. The summed E-state index contributed by atoms with van der Waals surface area (Å²) >= 11 is 0. The summed E-state index contributed by atoms with van der Waals surface area (Å²) in [6.07, 6.45) is -2.58. The number of morpholine rings is 1. The lowest BCUT2D eigenvalue weighted by Crippen LogP contribution is -2.37. The van der Waals surface area contributed by atoms with Crippen molar-refractivity contribution in [1.82, 2.24) is 5.32 Å². The largest absolute Gasteiger partial charge is 0.442 e. The summed E-state index contributed by atoms with van der Waals surface area (Å²) in [4.78, 5) is 27.0. The molecular formula is C18H24FN3O6. The summed E-state index contributed by atoms with van der Waals surface area (Å²) < 4.78 is 25.0. The molecule has 0 aliphatic carbocycles. The molecule has 10 heteroatoms. The fourth-order valence-corrected chi connectivity index (χ4v) is 3.14. The third-order valence-electron chi connectivity index (χ3n) is 4.63. The molecule has 2 saturated heterocycles. The first-order valence-electron chi connectivity index (χ1n) is 9.14. The van der Waals surface area contributed by atoms with Gasteiger partial charge in [0.2, 0.25) is 5.91 Å². The van der Waals surface area contributed by atoms with Crippen molar-refractivity contribution < 1.29 is 33.7 Å². The highest BCUT2D eigenvalue weighted by Crippen LogP contribution is 2.28. The second-order valence-corrected chi connectivity index (χ2v) is 6.70. The number of amides is 2. The number of benzene rings is 1. The van der Waals surface area contributed by atoms with Crippen LogP contribution in [-0.4, -0.2) is 80.4 Å². The maximum atomic E-state index is 14.6. The highest BCUT2D eigenvalue weighted by molar-refractivity contribution is 5.90. The van der Waals surface area contributed by atoms with Gasteiger partial charge < -0.3 is 29.9 Å². The van der Waals surface area contributed by atoms with E-state index in [0.717, 1.165) is 0 Å². The minimum absolute atomic E-state index is 0.0631. The molecule has 2 fully saturated rings. The average molecular weight is 397 g/mol. The number of hydrogen-bond donors (Lipinski definition) is 3. The third-order valence-corrected chi connectivity index (χ3v) is 4.63. The Kier molecular flexibility index (Phi) is 6.65. The number of hydrogen-bond acceptors (Lipinski definition) is 7. The highest BCUT2D eigenvalue weighted by Gasteiger charge is 2.33. The molecule has 3 rings (SSSR count). The number of carbonyl (C=O) groups excluding carboxylic acids is 2. The van der Waals surface area contributed by atoms with E-state index >= 15 is 0 Å². The van der Waals surface area contributed by atoms with Gasteiger partial charge in [-0.25, -0.2) is 9.18 Å². The predicted molar refractivity (Wildman–Crippen MR) is 97.8 cm³/mol. The number of rotatable bonds is 7. The number of nitrogens with zero attached hydrogens (tertiary/aromatic N) is 2. The molecule has 3 N–H and O–H groups in total. The van der Waals surface area contributed by atoms with Crippen LogP contribution in [0.5, 0.6) is 0 Å². The Labute approximate surface area is 161 Å². The Balaban J connectivity index is 1.57. The fourth-order valence-electron chi connectivity index (χ4n) is 3.14. The zero-order valence-electron chi connectivity index (χ0n) is 15.3. The van der Waals surface area contributed by atoms with Crippen LogP contribution in [0.25, 0.3) is 0 Å². The fraction of sp³-hybridized carbons (Fsp3) is 0.556. The van der Waals surface area contributed by atoms with Gasteiger partial charge >= 0.3 is 6.09 Å². The summed E-state index contributed by atoms with van der Waals surface area (Å²) in [6.45, 7) is 2.02. The lowest BCUT2D eigenvalue weighted by Gasteiger charge is -2.29. The van der Waals surface area contributed by atoms with Crippen LogP contribution in [0.4, 0.5) is 20.6 Å². The Hall–Kier alpha value is -2.43. The van der Waals surface area contributed by atoms with Crippen LogP contribution in [0, 0.1) is 5.82 Å². The van der Waals surface area contributed by atoms with E-state index in [1.54, 1.807) is 12.1 Å².